The van der Waals surface area contributed by atoms with Crippen LogP contribution in [-0.4, -0.2) is 23.8 Å². The third kappa shape index (κ3) is 4.09. The second-order valence-electron chi connectivity index (χ2n) is 4.06. The Hall–Kier alpha value is -0.570. The lowest BCUT2D eigenvalue weighted by atomic mass is 9.86. The van der Waals surface area contributed by atoms with Crippen LogP contribution in [0.15, 0.2) is 0 Å². The molecular formula is C11H22O3. The summed E-state index contributed by atoms with van der Waals surface area (Å²) in [6, 6.07) is 0. The van der Waals surface area contributed by atoms with Crippen LogP contribution >= 0.6 is 0 Å². The smallest absolute Gasteiger partial charge is 0.311 e. The summed E-state index contributed by atoms with van der Waals surface area (Å²) in [6.45, 7) is 5.51. The van der Waals surface area contributed by atoms with Gasteiger partial charge in [0.2, 0.25) is 0 Å². The Labute approximate surface area is 86.5 Å². The number of aliphatic hydroxyl groups is 1. The van der Waals surface area contributed by atoms with E-state index in [1.54, 1.807) is 13.8 Å². The lowest BCUT2D eigenvalue weighted by Gasteiger charge is -2.28. The van der Waals surface area contributed by atoms with Crippen molar-refractivity contribution in [3.63, 3.8) is 0 Å². The van der Waals surface area contributed by atoms with Crippen molar-refractivity contribution < 1.29 is 14.6 Å². The van der Waals surface area contributed by atoms with Crippen molar-refractivity contribution in [1.29, 1.82) is 0 Å². The van der Waals surface area contributed by atoms with E-state index in [1.807, 2.05) is 0 Å². The predicted molar refractivity (Wildman–Crippen MR) is 55.9 cm³/mol. The summed E-state index contributed by atoms with van der Waals surface area (Å²) in [5.41, 5.74) is -0.942. The molecule has 0 aromatic rings. The molecule has 3 heteroatoms. The molecule has 0 aromatic carbocycles. The molecule has 2 atom stereocenters. The van der Waals surface area contributed by atoms with Gasteiger partial charge in [0.15, 0.2) is 0 Å². The molecular weight excluding hydrogens is 180 g/mol. The minimum atomic E-state index is -0.942. The van der Waals surface area contributed by atoms with Crippen LogP contribution in [-0.2, 0) is 9.53 Å². The van der Waals surface area contributed by atoms with Crippen LogP contribution < -0.4 is 0 Å². The zero-order valence-corrected chi connectivity index (χ0v) is 9.67. The van der Waals surface area contributed by atoms with Crippen LogP contribution in [0.4, 0.5) is 0 Å². The highest BCUT2D eigenvalue weighted by molar-refractivity contribution is 5.73. The fourth-order valence-corrected chi connectivity index (χ4v) is 1.38. The number of rotatable bonds is 6. The number of methoxy groups -OCH3 is 1. The second kappa shape index (κ2) is 6.02. The fourth-order valence-electron chi connectivity index (χ4n) is 1.38. The highest BCUT2D eigenvalue weighted by atomic mass is 16.5. The minimum absolute atomic E-state index is 0.341. The van der Waals surface area contributed by atoms with E-state index in [2.05, 4.69) is 11.7 Å². The first kappa shape index (κ1) is 13.4. The van der Waals surface area contributed by atoms with Crippen LogP contribution in [0.2, 0.25) is 0 Å². The molecule has 0 heterocycles. The lowest BCUT2D eigenvalue weighted by Crippen LogP contribution is -2.38. The predicted octanol–water partition coefficient (Wildman–Crippen LogP) is 2.13. The molecule has 0 aliphatic heterocycles. The Bertz CT molecular complexity index is 175. The number of unbranched alkanes of at least 4 members (excludes halogenated alkanes) is 2. The summed E-state index contributed by atoms with van der Waals surface area (Å²) < 4.78 is 4.61. The van der Waals surface area contributed by atoms with E-state index >= 15 is 0 Å². The first-order chi connectivity index (χ1) is 6.45. The molecule has 1 N–H and O–H groups in total. The molecule has 0 bridgehead atoms. The van der Waals surface area contributed by atoms with Crippen molar-refractivity contribution in [1.82, 2.24) is 0 Å². The van der Waals surface area contributed by atoms with Gasteiger partial charge in [-0.25, -0.2) is 0 Å². The molecule has 3 nitrogen and oxygen atoms in total. The van der Waals surface area contributed by atoms with E-state index in [0.717, 1.165) is 19.3 Å². The summed E-state index contributed by atoms with van der Waals surface area (Å²) >= 11 is 0. The van der Waals surface area contributed by atoms with Crippen molar-refractivity contribution in [3.8, 4) is 0 Å². The van der Waals surface area contributed by atoms with Crippen molar-refractivity contribution in [2.45, 2.75) is 52.1 Å². The number of carbonyl (C=O) groups excluding carboxylic acids is 1. The summed E-state index contributed by atoms with van der Waals surface area (Å²) in [5.74, 6) is -0.796. The van der Waals surface area contributed by atoms with Crippen LogP contribution in [0, 0.1) is 5.92 Å². The van der Waals surface area contributed by atoms with Gasteiger partial charge in [-0.1, -0.05) is 26.2 Å². The molecule has 0 amide bonds. The number of hydrogen-bond acceptors (Lipinski definition) is 3. The third-order valence-corrected chi connectivity index (χ3v) is 2.77. The molecule has 84 valence electrons. The molecule has 0 saturated carbocycles. The maximum absolute atomic E-state index is 11.2. The number of esters is 1. The van der Waals surface area contributed by atoms with Gasteiger partial charge in [-0.05, 0) is 20.3 Å². The Morgan fingerprint density at radius 3 is 2.50 bits per heavy atom. The summed E-state index contributed by atoms with van der Waals surface area (Å²) in [5, 5.41) is 10.0. The third-order valence-electron chi connectivity index (χ3n) is 2.77. The zero-order chi connectivity index (χ0) is 11.2. The van der Waals surface area contributed by atoms with E-state index < -0.39 is 11.5 Å². The van der Waals surface area contributed by atoms with Gasteiger partial charge in [0.05, 0.1) is 18.6 Å². The van der Waals surface area contributed by atoms with Crippen molar-refractivity contribution in [2.24, 2.45) is 5.92 Å². The molecule has 0 spiro atoms. The van der Waals surface area contributed by atoms with Crippen molar-refractivity contribution in [3.05, 3.63) is 0 Å². The fraction of sp³-hybridized carbons (Fsp3) is 0.909. The van der Waals surface area contributed by atoms with Gasteiger partial charge in [-0.2, -0.15) is 0 Å². The van der Waals surface area contributed by atoms with Gasteiger partial charge >= 0.3 is 5.97 Å². The average Bonchev–Trinajstić information content (AvgIpc) is 2.15. The normalized spacial score (nSPS) is 17.2. The van der Waals surface area contributed by atoms with Crippen molar-refractivity contribution in [2.75, 3.05) is 7.11 Å². The summed E-state index contributed by atoms with van der Waals surface area (Å²) in [7, 11) is 1.35. The van der Waals surface area contributed by atoms with Crippen LogP contribution in [0.25, 0.3) is 0 Å². The van der Waals surface area contributed by atoms with Crippen molar-refractivity contribution >= 4 is 5.97 Å². The van der Waals surface area contributed by atoms with Gasteiger partial charge in [0.1, 0.15) is 0 Å². The van der Waals surface area contributed by atoms with Gasteiger partial charge in [0.25, 0.3) is 0 Å². The molecule has 0 radical (unpaired) electrons. The number of ether oxygens (including phenoxy) is 1. The van der Waals surface area contributed by atoms with Crippen LogP contribution in [0.3, 0.4) is 0 Å². The standard InChI is InChI=1S/C11H22O3/c1-5-6-7-8-11(3,13)9(2)10(12)14-4/h9,13H,5-8H2,1-4H3. The molecule has 0 saturated heterocycles. The van der Waals surface area contributed by atoms with Gasteiger partial charge in [-0.3, -0.25) is 4.79 Å². The summed E-state index contributed by atoms with van der Waals surface area (Å²) in [4.78, 5) is 11.2. The first-order valence-electron chi connectivity index (χ1n) is 5.26. The SMILES string of the molecule is CCCCCC(C)(O)C(C)C(=O)OC. The monoisotopic (exact) mass is 202 g/mol. The van der Waals surface area contributed by atoms with E-state index in [-0.39, 0.29) is 5.97 Å². The summed E-state index contributed by atoms with van der Waals surface area (Å²) in [6.07, 6.45) is 3.80. The molecule has 0 aromatic heterocycles. The van der Waals surface area contributed by atoms with Crippen LogP contribution in [0.1, 0.15) is 46.5 Å². The largest absolute Gasteiger partial charge is 0.469 e. The minimum Gasteiger partial charge on any atom is -0.469 e. The average molecular weight is 202 g/mol. The highest BCUT2D eigenvalue weighted by Gasteiger charge is 2.33. The lowest BCUT2D eigenvalue weighted by molar-refractivity contribution is -0.154. The maximum Gasteiger partial charge on any atom is 0.311 e. The highest BCUT2D eigenvalue weighted by Crippen LogP contribution is 2.24. The zero-order valence-electron chi connectivity index (χ0n) is 9.67. The number of hydrogen-bond donors (Lipinski definition) is 1. The second-order valence-corrected chi connectivity index (χ2v) is 4.06. The molecule has 0 rings (SSSR count). The van der Waals surface area contributed by atoms with Gasteiger partial charge < -0.3 is 9.84 Å². The molecule has 0 aliphatic rings. The van der Waals surface area contributed by atoms with E-state index in [9.17, 15) is 9.90 Å². The maximum atomic E-state index is 11.2. The van der Waals surface area contributed by atoms with E-state index in [0.29, 0.717) is 6.42 Å². The van der Waals surface area contributed by atoms with Crippen LogP contribution in [0.5, 0.6) is 0 Å². The Balaban J connectivity index is 4.08. The molecule has 14 heavy (non-hydrogen) atoms. The Kier molecular flexibility index (Phi) is 5.77. The Morgan fingerprint density at radius 1 is 1.50 bits per heavy atom. The van der Waals surface area contributed by atoms with E-state index in [1.165, 1.54) is 7.11 Å². The van der Waals surface area contributed by atoms with Gasteiger partial charge in [-0.15, -0.1) is 0 Å². The molecule has 2 unspecified atom stereocenters. The first-order valence-corrected chi connectivity index (χ1v) is 5.26. The Morgan fingerprint density at radius 2 is 2.07 bits per heavy atom. The van der Waals surface area contributed by atoms with E-state index in [4.69, 9.17) is 0 Å². The molecule has 0 fully saturated rings. The van der Waals surface area contributed by atoms with Gasteiger partial charge in [0, 0.05) is 0 Å². The topological polar surface area (TPSA) is 46.5 Å². The molecule has 0 aliphatic carbocycles. The number of carbonyl (C=O) groups is 1. The quantitative estimate of drug-likeness (QED) is 0.530.